The maximum absolute atomic E-state index is 14.2. The highest BCUT2D eigenvalue weighted by atomic mass is 28.4. The van der Waals surface area contributed by atoms with Crippen LogP contribution in [-0.4, -0.2) is 125 Å². The van der Waals surface area contributed by atoms with Crippen molar-refractivity contribution in [1.29, 1.82) is 0 Å². The molecule has 88 heavy (non-hydrogen) atoms. The van der Waals surface area contributed by atoms with E-state index in [0.717, 1.165) is 27.8 Å². The highest BCUT2D eigenvalue weighted by Crippen LogP contribution is 2.44. The number of hydrogen-bond donors (Lipinski definition) is 2. The molecular formula is C70H96N2O15Si. The third-order valence-electron chi connectivity index (χ3n) is 15.4. The second kappa shape index (κ2) is 33.3. The van der Waals surface area contributed by atoms with Gasteiger partial charge in [-0.3, -0.25) is 4.79 Å². The number of carbonyl (C=O) groups is 3. The predicted molar refractivity (Wildman–Crippen MR) is 338 cm³/mol. The van der Waals surface area contributed by atoms with Crippen LogP contribution in [0.2, 0.25) is 16.6 Å². The van der Waals surface area contributed by atoms with Gasteiger partial charge < -0.3 is 67.2 Å². The molecule has 0 radical (unpaired) electrons. The smallest absolute Gasteiger partial charge is 0.408 e. The normalized spacial score (nSPS) is 23.0. The summed E-state index contributed by atoms with van der Waals surface area (Å²) in [6, 6.07) is 46.5. The van der Waals surface area contributed by atoms with Crippen LogP contribution in [0.4, 0.5) is 4.79 Å². The van der Waals surface area contributed by atoms with E-state index >= 15 is 0 Å². The van der Waals surface area contributed by atoms with Crippen molar-refractivity contribution in [2.45, 2.75) is 218 Å². The first-order valence-corrected chi connectivity index (χ1v) is 33.1. The first kappa shape index (κ1) is 69.6. The Morgan fingerprint density at radius 3 is 1.28 bits per heavy atom. The molecule has 0 saturated carbocycles. The number of alkyl carbamates (subject to hydrolysis) is 1. The Labute approximate surface area is 523 Å². The Hall–Kier alpha value is -5.87. The Balaban J connectivity index is 1.40. The largest absolute Gasteiger partial charge is 0.458 e. The van der Waals surface area contributed by atoms with E-state index in [2.05, 4.69) is 52.2 Å². The van der Waals surface area contributed by atoms with Gasteiger partial charge in [0.1, 0.15) is 60.0 Å². The van der Waals surface area contributed by atoms with Crippen LogP contribution in [-0.2, 0) is 99.2 Å². The fourth-order valence-corrected chi connectivity index (χ4v) is 17.1. The van der Waals surface area contributed by atoms with Crippen molar-refractivity contribution < 1.29 is 70.9 Å². The van der Waals surface area contributed by atoms with Crippen LogP contribution in [0.1, 0.15) is 118 Å². The van der Waals surface area contributed by atoms with E-state index in [-0.39, 0.29) is 62.9 Å². The highest BCUT2D eigenvalue weighted by molar-refractivity contribution is 6.77. The molecule has 2 N–H and O–H groups in total. The summed E-state index contributed by atoms with van der Waals surface area (Å²) in [5, 5.41) is 5.80. The monoisotopic (exact) mass is 1230 g/mol. The van der Waals surface area contributed by atoms with Crippen LogP contribution >= 0.6 is 0 Å². The standard InChI is InChI=1S/C70H96N2O15Si/c1-47(2)88(48(3)4,49(5)6)82-46-58-60(77-40-52-31-21-15-22-32-52)62(59(71-50(7)73)66(83-58)81-44-56(65(74)86-69(8,9)10)72-68(75)87-70(11,12)13)85-67-64(80-43-55-37-27-18-28-38-55)63(79-42-54-35-25-17-26-36-54)61(78-41-53-33-23-16-24-34-53)57(84-67)45-76-39-51-29-19-14-20-30-51/h14-38,47-49,56-64,66-67H,39-46H2,1-13H3,(H,71,73)(H,72,75)/t56-,57+,58+,59+,60-,61-,62+,63-,64+,66-,67-/m0/s1. The minimum atomic E-state index is -2.66. The van der Waals surface area contributed by atoms with Crippen molar-refractivity contribution in [2.24, 2.45) is 0 Å². The molecule has 18 heteroatoms. The SMILES string of the molecule is CC(=O)N[C@H]1[C@@H](OC[C@H](NC(=O)OC(C)(C)C)C(=O)OC(C)(C)C)O[C@H](CO[Si](C(C)C)(C(C)C)C(C)C)[C@H](OCc2ccccc2)[C@@H]1O[C@@H]1O[C@H](COCc2ccccc2)[C@H](OCc2ccccc2)[C@H](OCc2ccccc2)[C@H]1OCc1ccccc1. The van der Waals surface area contributed by atoms with Gasteiger partial charge in [0.05, 0.1) is 52.9 Å². The van der Waals surface area contributed by atoms with E-state index in [9.17, 15) is 14.4 Å². The molecule has 0 unspecified atom stereocenters. The molecule has 2 heterocycles. The number of amides is 2. The van der Waals surface area contributed by atoms with Gasteiger partial charge in [-0.25, -0.2) is 9.59 Å². The van der Waals surface area contributed by atoms with Crippen molar-refractivity contribution in [1.82, 2.24) is 10.6 Å². The lowest BCUT2D eigenvalue weighted by Gasteiger charge is -2.51. The van der Waals surface area contributed by atoms with Gasteiger partial charge in [0.25, 0.3) is 0 Å². The zero-order valence-corrected chi connectivity index (χ0v) is 54.8. The van der Waals surface area contributed by atoms with Crippen LogP contribution in [0.15, 0.2) is 152 Å². The lowest BCUT2D eigenvalue weighted by atomic mass is 9.94. The fraction of sp³-hybridized carbons (Fsp3) is 0.529. The number of carbonyl (C=O) groups excluding carboxylic acids is 3. The van der Waals surface area contributed by atoms with E-state index in [1.807, 2.05) is 152 Å². The topological polar surface area (TPSA) is 186 Å². The molecular weight excluding hydrogens is 1140 g/mol. The first-order chi connectivity index (χ1) is 42.0. The molecule has 2 aliphatic rings. The van der Waals surface area contributed by atoms with E-state index in [4.69, 9.17) is 56.5 Å². The molecule has 5 aromatic rings. The van der Waals surface area contributed by atoms with Crippen LogP contribution in [0.25, 0.3) is 0 Å². The summed E-state index contributed by atoms with van der Waals surface area (Å²) in [6.45, 7) is 25.4. The van der Waals surface area contributed by atoms with E-state index in [1.165, 1.54) is 6.92 Å². The summed E-state index contributed by atoms with van der Waals surface area (Å²) < 4.78 is 82.9. The maximum atomic E-state index is 14.2. The third-order valence-corrected chi connectivity index (χ3v) is 21.5. The molecule has 2 amide bonds. The van der Waals surface area contributed by atoms with Crippen molar-refractivity contribution in [3.63, 3.8) is 0 Å². The van der Waals surface area contributed by atoms with Gasteiger partial charge in [-0.1, -0.05) is 193 Å². The summed E-state index contributed by atoms with van der Waals surface area (Å²) in [5.74, 6) is -1.25. The number of hydrogen-bond acceptors (Lipinski definition) is 15. The van der Waals surface area contributed by atoms with Gasteiger partial charge in [0.15, 0.2) is 26.9 Å². The number of ether oxygens (including phenoxy) is 11. The van der Waals surface area contributed by atoms with Gasteiger partial charge in [-0.2, -0.15) is 0 Å². The Kier molecular flexibility index (Phi) is 26.3. The first-order valence-electron chi connectivity index (χ1n) is 30.9. The molecule has 0 aromatic heterocycles. The summed E-state index contributed by atoms with van der Waals surface area (Å²) in [5.41, 5.74) is 3.24. The Bertz CT molecular complexity index is 2820. The molecule has 7 rings (SSSR count). The quantitative estimate of drug-likeness (QED) is 0.0326. The second-order valence-corrected chi connectivity index (χ2v) is 31.1. The fourth-order valence-electron chi connectivity index (χ4n) is 11.6. The minimum absolute atomic E-state index is 0.0198. The molecule has 5 aromatic carbocycles. The molecule has 0 aliphatic carbocycles. The average molecular weight is 1230 g/mol. The van der Waals surface area contributed by atoms with Gasteiger partial charge in [0, 0.05) is 6.92 Å². The molecule has 480 valence electrons. The van der Waals surface area contributed by atoms with E-state index < -0.39 is 111 Å². The maximum Gasteiger partial charge on any atom is 0.408 e. The zero-order valence-electron chi connectivity index (χ0n) is 53.8. The lowest BCUT2D eigenvalue weighted by molar-refractivity contribution is -0.362. The van der Waals surface area contributed by atoms with Crippen LogP contribution in [0, 0.1) is 0 Å². The van der Waals surface area contributed by atoms with Gasteiger partial charge in [0.2, 0.25) is 5.91 Å². The molecule has 0 spiro atoms. The Morgan fingerprint density at radius 1 is 0.477 bits per heavy atom. The number of benzene rings is 5. The molecule has 2 fully saturated rings. The van der Waals surface area contributed by atoms with Crippen molar-refractivity contribution in [2.75, 3.05) is 19.8 Å². The highest BCUT2D eigenvalue weighted by Gasteiger charge is 2.56. The summed E-state index contributed by atoms with van der Waals surface area (Å²) in [4.78, 5) is 41.7. The van der Waals surface area contributed by atoms with Gasteiger partial charge in [-0.15, -0.1) is 0 Å². The molecule has 2 aliphatic heterocycles. The van der Waals surface area contributed by atoms with Crippen molar-refractivity contribution in [3.05, 3.63) is 179 Å². The van der Waals surface area contributed by atoms with E-state index in [0.29, 0.717) is 0 Å². The molecule has 17 nitrogen and oxygen atoms in total. The molecule has 0 bridgehead atoms. The summed E-state index contributed by atoms with van der Waals surface area (Å²) >= 11 is 0. The number of nitrogens with one attached hydrogen (secondary N) is 2. The minimum Gasteiger partial charge on any atom is -0.458 e. The van der Waals surface area contributed by atoms with E-state index in [1.54, 1.807) is 41.5 Å². The molecule has 2 saturated heterocycles. The van der Waals surface area contributed by atoms with Crippen LogP contribution in [0.3, 0.4) is 0 Å². The predicted octanol–water partition coefficient (Wildman–Crippen LogP) is 12.3. The zero-order chi connectivity index (χ0) is 63.4. The van der Waals surface area contributed by atoms with Crippen molar-refractivity contribution in [3.8, 4) is 0 Å². The van der Waals surface area contributed by atoms with Crippen LogP contribution in [0.5, 0.6) is 0 Å². The van der Waals surface area contributed by atoms with Gasteiger partial charge in [-0.05, 0) is 86.0 Å². The third kappa shape index (κ3) is 20.8. The number of rotatable bonds is 30. The number of esters is 1. The Morgan fingerprint density at radius 2 is 0.864 bits per heavy atom. The molecule has 11 atom stereocenters. The van der Waals surface area contributed by atoms with Crippen molar-refractivity contribution >= 4 is 26.3 Å². The second-order valence-electron chi connectivity index (χ2n) is 25.7. The average Bonchev–Trinajstić information content (AvgIpc) is 1.12. The lowest BCUT2D eigenvalue weighted by Crippen LogP contribution is -2.69. The summed E-state index contributed by atoms with van der Waals surface area (Å²) in [6.07, 6.45) is -10.4. The van der Waals surface area contributed by atoms with Gasteiger partial charge >= 0.3 is 12.1 Å². The summed E-state index contributed by atoms with van der Waals surface area (Å²) in [7, 11) is -2.66. The van der Waals surface area contributed by atoms with Crippen LogP contribution < -0.4 is 10.6 Å².